The highest BCUT2D eigenvalue weighted by Crippen LogP contribution is 2.34. The highest BCUT2D eigenvalue weighted by atomic mass is 16.5. The van der Waals surface area contributed by atoms with Crippen LogP contribution in [0.15, 0.2) is 24.3 Å². The van der Waals surface area contributed by atoms with Gasteiger partial charge in [-0.15, -0.1) is 0 Å². The lowest BCUT2D eigenvalue weighted by Gasteiger charge is -2.36. The van der Waals surface area contributed by atoms with Crippen LogP contribution in [0.4, 0.5) is 4.79 Å². The number of amides is 2. The number of esters is 1. The number of hydrogen-bond acceptors (Lipinski definition) is 3. The molecule has 1 aliphatic carbocycles. The normalized spacial score (nSPS) is 26.0. The monoisotopic (exact) mass is 316 g/mol. The van der Waals surface area contributed by atoms with Crippen molar-refractivity contribution in [3.8, 4) is 0 Å². The fraction of sp³-hybridized carbons (Fsp3) is 0.556. The highest BCUT2D eigenvalue weighted by molar-refractivity contribution is 5.76. The van der Waals surface area contributed by atoms with E-state index >= 15 is 0 Å². The first-order chi connectivity index (χ1) is 11.1. The molecular formula is C18H24N2O3. The summed E-state index contributed by atoms with van der Waals surface area (Å²) in [6.45, 7) is 3.90. The van der Waals surface area contributed by atoms with Crippen molar-refractivity contribution in [1.29, 1.82) is 0 Å². The van der Waals surface area contributed by atoms with E-state index in [1.54, 1.807) is 0 Å². The molecule has 1 aliphatic heterocycles. The molecule has 1 aromatic rings. The number of methoxy groups -OCH3 is 1. The molecule has 1 heterocycles. The number of benzene rings is 1. The predicted molar refractivity (Wildman–Crippen MR) is 87.1 cm³/mol. The molecule has 5 heteroatoms. The number of nitrogens with one attached hydrogen (secondary N) is 1. The second-order valence-electron chi connectivity index (χ2n) is 6.63. The van der Waals surface area contributed by atoms with Crippen LogP contribution in [0.2, 0.25) is 0 Å². The smallest absolute Gasteiger partial charge is 0.317 e. The van der Waals surface area contributed by atoms with Crippen LogP contribution in [-0.4, -0.2) is 43.6 Å². The van der Waals surface area contributed by atoms with Crippen molar-refractivity contribution in [2.75, 3.05) is 26.7 Å². The van der Waals surface area contributed by atoms with E-state index < -0.39 is 0 Å². The number of piperidine rings is 1. The summed E-state index contributed by atoms with van der Waals surface area (Å²) in [5, 5.41) is 3.04. The Morgan fingerprint density at radius 3 is 2.83 bits per heavy atom. The zero-order valence-electron chi connectivity index (χ0n) is 13.7. The van der Waals surface area contributed by atoms with E-state index in [-0.39, 0.29) is 23.8 Å². The molecule has 0 bridgehead atoms. The van der Waals surface area contributed by atoms with Gasteiger partial charge < -0.3 is 15.0 Å². The average Bonchev–Trinajstić information content (AvgIpc) is 2.54. The molecule has 1 aromatic carbocycles. The van der Waals surface area contributed by atoms with Crippen molar-refractivity contribution in [1.82, 2.24) is 10.2 Å². The first-order valence-corrected chi connectivity index (χ1v) is 8.28. The Bertz CT molecular complexity index is 602. The van der Waals surface area contributed by atoms with E-state index in [4.69, 9.17) is 4.74 Å². The van der Waals surface area contributed by atoms with Gasteiger partial charge in [-0.3, -0.25) is 4.79 Å². The molecule has 1 fully saturated rings. The zero-order valence-corrected chi connectivity index (χ0v) is 13.7. The minimum Gasteiger partial charge on any atom is -0.469 e. The third-order valence-electron chi connectivity index (χ3n) is 5.16. The Morgan fingerprint density at radius 1 is 1.35 bits per heavy atom. The molecule has 3 atom stereocenters. The van der Waals surface area contributed by atoms with Gasteiger partial charge in [0.05, 0.1) is 13.0 Å². The standard InChI is InChI=1S/C18H24N2O3/c1-12-11-20(8-7-15(12)17(21)23-2)18(22)19-10-14-9-13-5-3-4-6-16(13)14/h3-6,12,14-15H,7-11H2,1-2H3,(H,19,22). The van der Waals surface area contributed by atoms with Gasteiger partial charge in [0, 0.05) is 25.6 Å². The van der Waals surface area contributed by atoms with Crippen LogP contribution in [0.25, 0.3) is 0 Å². The number of nitrogens with zero attached hydrogens (tertiary/aromatic N) is 1. The Morgan fingerprint density at radius 2 is 2.13 bits per heavy atom. The molecule has 0 aromatic heterocycles. The number of urea groups is 1. The molecule has 3 rings (SSSR count). The van der Waals surface area contributed by atoms with Crippen molar-refractivity contribution in [2.45, 2.75) is 25.7 Å². The Labute approximate surface area is 137 Å². The van der Waals surface area contributed by atoms with Crippen LogP contribution in [0.5, 0.6) is 0 Å². The summed E-state index contributed by atoms with van der Waals surface area (Å²) in [5.41, 5.74) is 2.74. The molecular weight excluding hydrogens is 292 g/mol. The molecule has 2 amide bonds. The van der Waals surface area contributed by atoms with Gasteiger partial charge in [0.2, 0.25) is 0 Å². The lowest BCUT2D eigenvalue weighted by atomic mass is 9.78. The van der Waals surface area contributed by atoms with E-state index in [1.165, 1.54) is 18.2 Å². The van der Waals surface area contributed by atoms with Crippen molar-refractivity contribution in [3.05, 3.63) is 35.4 Å². The second kappa shape index (κ2) is 6.60. The van der Waals surface area contributed by atoms with Gasteiger partial charge in [-0.05, 0) is 29.9 Å². The van der Waals surface area contributed by atoms with Gasteiger partial charge in [-0.25, -0.2) is 4.79 Å². The van der Waals surface area contributed by atoms with Crippen LogP contribution < -0.4 is 5.32 Å². The van der Waals surface area contributed by atoms with Crippen LogP contribution >= 0.6 is 0 Å². The van der Waals surface area contributed by atoms with Crippen LogP contribution in [0, 0.1) is 11.8 Å². The summed E-state index contributed by atoms with van der Waals surface area (Å²) in [5.74, 6) is 0.303. The van der Waals surface area contributed by atoms with Gasteiger partial charge in [-0.2, -0.15) is 0 Å². The number of rotatable bonds is 3. The fourth-order valence-corrected chi connectivity index (χ4v) is 3.70. The number of hydrogen-bond donors (Lipinski definition) is 1. The van der Waals surface area contributed by atoms with Crippen molar-refractivity contribution < 1.29 is 14.3 Å². The van der Waals surface area contributed by atoms with Gasteiger partial charge in [0.1, 0.15) is 0 Å². The van der Waals surface area contributed by atoms with Crippen LogP contribution in [0.1, 0.15) is 30.4 Å². The van der Waals surface area contributed by atoms with Gasteiger partial charge >= 0.3 is 12.0 Å². The maximum absolute atomic E-state index is 12.3. The number of carbonyl (C=O) groups is 2. The molecule has 2 aliphatic rings. The molecule has 1 saturated heterocycles. The quantitative estimate of drug-likeness (QED) is 0.870. The van der Waals surface area contributed by atoms with E-state index in [0.29, 0.717) is 32.0 Å². The van der Waals surface area contributed by atoms with Gasteiger partial charge in [-0.1, -0.05) is 31.2 Å². The molecule has 23 heavy (non-hydrogen) atoms. The molecule has 124 valence electrons. The Kier molecular flexibility index (Phi) is 4.55. The minimum absolute atomic E-state index is 0.0236. The summed E-state index contributed by atoms with van der Waals surface area (Å²) in [7, 11) is 1.42. The van der Waals surface area contributed by atoms with E-state index in [1.807, 2.05) is 17.9 Å². The Hall–Kier alpha value is -2.04. The predicted octanol–water partition coefficient (Wildman–Crippen LogP) is 2.17. The molecule has 3 unspecified atom stereocenters. The van der Waals surface area contributed by atoms with E-state index in [2.05, 4.69) is 23.5 Å². The summed E-state index contributed by atoms with van der Waals surface area (Å²) in [6, 6.07) is 8.36. The molecule has 0 radical (unpaired) electrons. The summed E-state index contributed by atoms with van der Waals surface area (Å²) >= 11 is 0. The summed E-state index contributed by atoms with van der Waals surface area (Å²) in [4.78, 5) is 25.8. The van der Waals surface area contributed by atoms with Gasteiger partial charge in [0.15, 0.2) is 0 Å². The number of likely N-dealkylation sites (tertiary alicyclic amines) is 1. The highest BCUT2D eigenvalue weighted by Gasteiger charge is 2.34. The molecule has 0 spiro atoms. The fourth-order valence-electron chi connectivity index (χ4n) is 3.70. The summed E-state index contributed by atoms with van der Waals surface area (Å²) < 4.78 is 4.83. The molecule has 1 N–H and O–H groups in total. The zero-order chi connectivity index (χ0) is 16.4. The van der Waals surface area contributed by atoms with Crippen molar-refractivity contribution >= 4 is 12.0 Å². The van der Waals surface area contributed by atoms with Gasteiger partial charge in [0.25, 0.3) is 0 Å². The summed E-state index contributed by atoms with van der Waals surface area (Å²) in [6.07, 6.45) is 1.71. The van der Waals surface area contributed by atoms with E-state index in [0.717, 1.165) is 6.42 Å². The maximum Gasteiger partial charge on any atom is 0.317 e. The lowest BCUT2D eigenvalue weighted by molar-refractivity contribution is -0.148. The van der Waals surface area contributed by atoms with Crippen molar-refractivity contribution in [3.63, 3.8) is 0 Å². The third kappa shape index (κ3) is 3.19. The SMILES string of the molecule is COC(=O)C1CCN(C(=O)NCC2Cc3ccccc32)CC1C. The van der Waals surface area contributed by atoms with Crippen LogP contribution in [-0.2, 0) is 16.0 Å². The van der Waals surface area contributed by atoms with Crippen molar-refractivity contribution in [2.24, 2.45) is 11.8 Å². The number of ether oxygens (including phenoxy) is 1. The largest absolute Gasteiger partial charge is 0.469 e. The number of carbonyl (C=O) groups excluding carboxylic acids is 2. The maximum atomic E-state index is 12.3. The lowest BCUT2D eigenvalue weighted by Crippen LogP contribution is -2.50. The second-order valence-corrected chi connectivity index (χ2v) is 6.63. The first-order valence-electron chi connectivity index (χ1n) is 8.28. The first kappa shape index (κ1) is 15.8. The third-order valence-corrected chi connectivity index (χ3v) is 5.16. The minimum atomic E-state index is -0.163. The average molecular weight is 316 g/mol. The van der Waals surface area contributed by atoms with E-state index in [9.17, 15) is 9.59 Å². The molecule has 5 nitrogen and oxygen atoms in total. The Balaban J connectivity index is 1.48. The number of fused-ring (bicyclic) bond motifs is 1. The molecule has 0 saturated carbocycles. The topological polar surface area (TPSA) is 58.6 Å². The van der Waals surface area contributed by atoms with Crippen LogP contribution in [0.3, 0.4) is 0 Å².